The summed E-state index contributed by atoms with van der Waals surface area (Å²) in [6.45, 7) is 0. The molecule has 0 saturated carbocycles. The summed E-state index contributed by atoms with van der Waals surface area (Å²) in [6, 6.07) is 21.3. The predicted molar refractivity (Wildman–Crippen MR) is 114 cm³/mol. The van der Waals surface area contributed by atoms with Gasteiger partial charge in [0.15, 0.2) is 0 Å². The van der Waals surface area contributed by atoms with E-state index in [0.29, 0.717) is 16.5 Å². The first-order valence-electron chi connectivity index (χ1n) is 8.66. The molecule has 29 heavy (non-hydrogen) atoms. The molecule has 0 unspecified atom stereocenters. The Morgan fingerprint density at radius 3 is 2.62 bits per heavy atom. The van der Waals surface area contributed by atoms with Crippen molar-refractivity contribution in [1.29, 1.82) is 0 Å². The van der Waals surface area contributed by atoms with Crippen LogP contribution < -0.4 is 5.43 Å². The number of aromatic nitrogens is 2. The van der Waals surface area contributed by atoms with Crippen molar-refractivity contribution in [3.8, 4) is 11.3 Å². The monoisotopic (exact) mass is 403 g/mol. The van der Waals surface area contributed by atoms with Crippen LogP contribution in [0.5, 0.6) is 0 Å². The number of anilines is 1. The summed E-state index contributed by atoms with van der Waals surface area (Å²) < 4.78 is 0. The van der Waals surface area contributed by atoms with Crippen LogP contribution in [0.15, 0.2) is 77.9 Å². The van der Waals surface area contributed by atoms with Gasteiger partial charge in [-0.1, -0.05) is 54.1 Å². The van der Waals surface area contributed by atoms with Crippen LogP contribution in [0.1, 0.15) is 5.56 Å². The molecule has 0 fully saturated rings. The number of nitrogens with zero attached hydrogens (tertiary/aromatic N) is 4. The Balaban J connectivity index is 1.69. The lowest BCUT2D eigenvalue weighted by molar-refractivity contribution is -0.384. The van der Waals surface area contributed by atoms with Gasteiger partial charge in [-0.2, -0.15) is 5.10 Å². The van der Waals surface area contributed by atoms with Crippen LogP contribution >= 0.6 is 11.6 Å². The highest BCUT2D eigenvalue weighted by Gasteiger charge is 2.10. The van der Waals surface area contributed by atoms with E-state index in [4.69, 9.17) is 11.6 Å². The van der Waals surface area contributed by atoms with Gasteiger partial charge in [-0.25, -0.2) is 15.4 Å². The third-order valence-electron chi connectivity index (χ3n) is 4.16. The maximum Gasteiger partial charge on any atom is 0.270 e. The van der Waals surface area contributed by atoms with E-state index in [0.717, 1.165) is 22.2 Å². The fourth-order valence-corrected chi connectivity index (χ4v) is 3.02. The summed E-state index contributed by atoms with van der Waals surface area (Å²) in [7, 11) is 0. The van der Waals surface area contributed by atoms with E-state index in [1.165, 1.54) is 18.3 Å². The number of fused-ring (bicyclic) bond motifs is 1. The number of non-ortho nitro benzene ring substituents is 1. The van der Waals surface area contributed by atoms with Crippen molar-refractivity contribution in [2.24, 2.45) is 5.10 Å². The molecule has 8 heteroatoms. The minimum Gasteiger partial charge on any atom is -0.258 e. The number of hydrogen-bond acceptors (Lipinski definition) is 6. The quantitative estimate of drug-likeness (QED) is 0.277. The van der Waals surface area contributed by atoms with Crippen molar-refractivity contribution in [2.75, 3.05) is 5.43 Å². The van der Waals surface area contributed by atoms with Crippen LogP contribution in [0, 0.1) is 10.1 Å². The average molecular weight is 404 g/mol. The van der Waals surface area contributed by atoms with E-state index < -0.39 is 4.92 Å². The Morgan fingerprint density at radius 1 is 1.00 bits per heavy atom. The average Bonchev–Trinajstić information content (AvgIpc) is 2.74. The van der Waals surface area contributed by atoms with E-state index in [-0.39, 0.29) is 5.69 Å². The Labute approximate surface area is 170 Å². The highest BCUT2D eigenvalue weighted by molar-refractivity contribution is 6.31. The number of halogens is 1. The van der Waals surface area contributed by atoms with E-state index in [9.17, 15) is 10.1 Å². The molecule has 142 valence electrons. The highest BCUT2D eigenvalue weighted by Crippen LogP contribution is 2.29. The van der Waals surface area contributed by atoms with Crippen molar-refractivity contribution < 1.29 is 4.92 Å². The number of hydrogen-bond donors (Lipinski definition) is 1. The first-order valence-corrected chi connectivity index (χ1v) is 9.04. The third kappa shape index (κ3) is 4.20. The molecule has 0 aliphatic heterocycles. The highest BCUT2D eigenvalue weighted by atomic mass is 35.5. The smallest absolute Gasteiger partial charge is 0.258 e. The maximum atomic E-state index is 10.9. The van der Waals surface area contributed by atoms with E-state index in [1.807, 2.05) is 42.5 Å². The zero-order valence-corrected chi connectivity index (χ0v) is 15.7. The van der Waals surface area contributed by atoms with E-state index in [1.54, 1.807) is 18.2 Å². The molecule has 7 nitrogen and oxygen atoms in total. The van der Waals surface area contributed by atoms with Crippen LogP contribution in [0.2, 0.25) is 5.02 Å². The van der Waals surface area contributed by atoms with Gasteiger partial charge in [-0.15, -0.1) is 0 Å². The summed E-state index contributed by atoms with van der Waals surface area (Å²) in [5.41, 5.74) is 5.76. The van der Waals surface area contributed by atoms with Crippen molar-refractivity contribution in [1.82, 2.24) is 9.97 Å². The standard InChI is InChI=1S/C21H14ClN5O2/c22-16-9-10-19-18(12-16)20(15-6-2-1-3-7-15)25-21(24-19)26-23-13-14-5-4-8-17(11-14)27(28)29/h1-13H,(H,24,25,26). The Hall–Kier alpha value is -3.84. The molecule has 0 amide bonds. The first-order chi connectivity index (χ1) is 14.1. The lowest BCUT2D eigenvalue weighted by Crippen LogP contribution is -2.00. The van der Waals surface area contributed by atoms with E-state index in [2.05, 4.69) is 20.5 Å². The molecular formula is C21H14ClN5O2. The molecule has 0 spiro atoms. The predicted octanol–water partition coefficient (Wildman–Crippen LogP) is 5.30. The number of rotatable bonds is 5. The Morgan fingerprint density at radius 2 is 1.83 bits per heavy atom. The lowest BCUT2D eigenvalue weighted by Gasteiger charge is -2.09. The molecule has 0 aliphatic carbocycles. The summed E-state index contributed by atoms with van der Waals surface area (Å²) in [5, 5.41) is 16.4. The van der Waals surface area contributed by atoms with Gasteiger partial charge in [0.05, 0.1) is 22.3 Å². The zero-order chi connectivity index (χ0) is 20.2. The molecule has 0 radical (unpaired) electrons. The van der Waals surface area contributed by atoms with Crippen LogP contribution in [-0.2, 0) is 0 Å². The molecule has 0 aliphatic rings. The van der Waals surface area contributed by atoms with Crippen LogP contribution in [0.4, 0.5) is 11.6 Å². The van der Waals surface area contributed by atoms with Gasteiger partial charge in [0.25, 0.3) is 5.69 Å². The van der Waals surface area contributed by atoms with E-state index >= 15 is 0 Å². The number of nitro groups is 1. The van der Waals surface area contributed by atoms with Crippen molar-refractivity contribution in [2.45, 2.75) is 0 Å². The number of nitro benzene ring substituents is 1. The fraction of sp³-hybridized carbons (Fsp3) is 0. The molecule has 1 N–H and O–H groups in total. The largest absolute Gasteiger partial charge is 0.270 e. The summed E-state index contributed by atoms with van der Waals surface area (Å²) in [4.78, 5) is 19.5. The summed E-state index contributed by atoms with van der Waals surface area (Å²) in [6.07, 6.45) is 1.48. The number of hydrazone groups is 1. The molecule has 1 heterocycles. The van der Waals surface area contributed by atoms with Gasteiger partial charge in [-0.3, -0.25) is 10.1 Å². The fourth-order valence-electron chi connectivity index (χ4n) is 2.85. The molecule has 0 atom stereocenters. The van der Waals surface area contributed by atoms with Gasteiger partial charge in [0.1, 0.15) is 0 Å². The number of benzene rings is 3. The van der Waals surface area contributed by atoms with Crippen molar-refractivity contribution in [3.05, 3.63) is 93.5 Å². The van der Waals surface area contributed by atoms with Crippen LogP contribution in [0.3, 0.4) is 0 Å². The minimum atomic E-state index is -0.450. The van der Waals surface area contributed by atoms with Gasteiger partial charge >= 0.3 is 0 Å². The SMILES string of the molecule is O=[N+]([O-])c1cccc(C=NNc2nc(-c3ccccc3)c3cc(Cl)ccc3n2)c1. The minimum absolute atomic E-state index is 0.000789. The maximum absolute atomic E-state index is 10.9. The topological polar surface area (TPSA) is 93.3 Å². The molecular weight excluding hydrogens is 390 g/mol. The molecule has 1 aromatic heterocycles. The van der Waals surface area contributed by atoms with Gasteiger partial charge in [0.2, 0.25) is 5.95 Å². The number of nitrogens with one attached hydrogen (secondary N) is 1. The second-order valence-corrected chi connectivity index (χ2v) is 6.58. The molecule has 0 bridgehead atoms. The molecule has 3 aromatic carbocycles. The Bertz CT molecular complexity index is 1230. The Kier molecular flexibility index (Phi) is 5.13. The van der Waals surface area contributed by atoms with Gasteiger partial charge < -0.3 is 0 Å². The summed E-state index contributed by atoms with van der Waals surface area (Å²) >= 11 is 6.16. The second kappa shape index (κ2) is 8.04. The summed E-state index contributed by atoms with van der Waals surface area (Å²) in [5.74, 6) is 0.306. The second-order valence-electron chi connectivity index (χ2n) is 6.15. The zero-order valence-electron chi connectivity index (χ0n) is 15.0. The van der Waals surface area contributed by atoms with Crippen molar-refractivity contribution >= 4 is 40.4 Å². The molecule has 4 rings (SSSR count). The third-order valence-corrected chi connectivity index (χ3v) is 4.40. The van der Waals surface area contributed by atoms with Crippen LogP contribution in [-0.4, -0.2) is 21.1 Å². The molecule has 4 aromatic rings. The lowest BCUT2D eigenvalue weighted by atomic mass is 10.1. The van der Waals surface area contributed by atoms with Gasteiger partial charge in [0, 0.05) is 33.7 Å². The van der Waals surface area contributed by atoms with Crippen molar-refractivity contribution in [3.63, 3.8) is 0 Å². The first kappa shape index (κ1) is 18.5. The normalized spacial score (nSPS) is 11.1. The molecule has 0 saturated heterocycles. The van der Waals surface area contributed by atoms with Crippen LogP contribution in [0.25, 0.3) is 22.2 Å². The van der Waals surface area contributed by atoms with Gasteiger partial charge in [-0.05, 0) is 18.2 Å².